The summed E-state index contributed by atoms with van der Waals surface area (Å²) >= 11 is 0. The van der Waals surface area contributed by atoms with Crippen LogP contribution in [0.25, 0.3) is 0 Å². The second-order valence-corrected chi connectivity index (χ2v) is 5.08. The van der Waals surface area contributed by atoms with E-state index in [0.29, 0.717) is 0 Å². The molecule has 0 heterocycles. The molecule has 0 aromatic heterocycles. The Bertz CT molecular complexity index is 262. The zero-order valence-corrected chi connectivity index (χ0v) is 10.3. The third-order valence-electron chi connectivity index (χ3n) is 3.41. The summed E-state index contributed by atoms with van der Waals surface area (Å²) in [5.41, 5.74) is 0. The first-order chi connectivity index (χ1) is 7.65. The molecule has 1 fully saturated rings. The van der Waals surface area contributed by atoms with Crippen molar-refractivity contribution in [1.82, 2.24) is 5.32 Å². The van der Waals surface area contributed by atoms with E-state index in [0.717, 1.165) is 18.9 Å². The van der Waals surface area contributed by atoms with Gasteiger partial charge in [-0.25, -0.2) is 0 Å². The van der Waals surface area contributed by atoms with Crippen molar-refractivity contribution in [3.63, 3.8) is 0 Å². The van der Waals surface area contributed by atoms with Crippen LogP contribution in [-0.4, -0.2) is 12.5 Å². The highest BCUT2D eigenvalue weighted by molar-refractivity contribution is 5.81. The first-order valence-corrected chi connectivity index (χ1v) is 6.32. The van der Waals surface area contributed by atoms with E-state index in [4.69, 9.17) is 5.26 Å². The smallest absolute Gasteiger partial charge is 0.237 e. The van der Waals surface area contributed by atoms with Gasteiger partial charge in [0.15, 0.2) is 0 Å². The lowest BCUT2D eigenvalue weighted by molar-refractivity contribution is -0.124. The van der Waals surface area contributed by atoms with E-state index in [1.165, 1.54) is 25.7 Å². The number of nitrogens with one attached hydrogen (secondary N) is 1. The molecule has 1 rings (SSSR count). The van der Waals surface area contributed by atoms with E-state index in [9.17, 15) is 4.79 Å². The molecular weight excluding hydrogens is 200 g/mol. The van der Waals surface area contributed by atoms with Crippen molar-refractivity contribution in [1.29, 1.82) is 5.26 Å². The molecule has 0 aromatic carbocycles. The summed E-state index contributed by atoms with van der Waals surface area (Å²) in [7, 11) is 0. The summed E-state index contributed by atoms with van der Waals surface area (Å²) in [5.74, 6) is 0.287. The third kappa shape index (κ3) is 3.84. The van der Waals surface area contributed by atoms with Gasteiger partial charge in [0, 0.05) is 6.54 Å². The third-order valence-corrected chi connectivity index (χ3v) is 3.41. The maximum absolute atomic E-state index is 11.7. The fourth-order valence-corrected chi connectivity index (χ4v) is 2.32. The van der Waals surface area contributed by atoms with Crippen LogP contribution in [0.3, 0.4) is 0 Å². The molecule has 0 bridgehead atoms. The maximum Gasteiger partial charge on any atom is 0.237 e. The van der Waals surface area contributed by atoms with Crippen molar-refractivity contribution in [2.45, 2.75) is 46.0 Å². The minimum Gasteiger partial charge on any atom is -0.355 e. The van der Waals surface area contributed by atoms with Crippen LogP contribution >= 0.6 is 0 Å². The van der Waals surface area contributed by atoms with Crippen LogP contribution in [0, 0.1) is 29.1 Å². The highest BCUT2D eigenvalue weighted by atomic mass is 16.1. The molecule has 1 aliphatic carbocycles. The number of carbonyl (C=O) groups is 1. The van der Waals surface area contributed by atoms with E-state index in [1.807, 2.05) is 13.8 Å². The average Bonchev–Trinajstić information content (AvgIpc) is 2.71. The molecule has 0 aliphatic heterocycles. The molecule has 16 heavy (non-hydrogen) atoms. The largest absolute Gasteiger partial charge is 0.355 e. The number of nitriles is 1. The van der Waals surface area contributed by atoms with E-state index in [-0.39, 0.29) is 11.8 Å². The number of carbonyl (C=O) groups excluding carboxylic acids is 1. The molecule has 1 amide bonds. The van der Waals surface area contributed by atoms with Crippen LogP contribution in [0.1, 0.15) is 46.0 Å². The van der Waals surface area contributed by atoms with Gasteiger partial charge >= 0.3 is 0 Å². The van der Waals surface area contributed by atoms with Crippen LogP contribution in [0.2, 0.25) is 0 Å². The van der Waals surface area contributed by atoms with Gasteiger partial charge in [-0.2, -0.15) is 5.26 Å². The Hall–Kier alpha value is -1.04. The lowest BCUT2D eigenvalue weighted by Gasteiger charge is -2.14. The lowest BCUT2D eigenvalue weighted by atomic mass is 9.96. The van der Waals surface area contributed by atoms with Crippen molar-refractivity contribution < 1.29 is 4.79 Å². The fourth-order valence-electron chi connectivity index (χ4n) is 2.32. The zero-order valence-electron chi connectivity index (χ0n) is 10.3. The van der Waals surface area contributed by atoms with Gasteiger partial charge in [0.25, 0.3) is 0 Å². The lowest BCUT2D eigenvalue weighted by Crippen LogP contribution is -2.33. The first kappa shape index (κ1) is 13.0. The highest BCUT2D eigenvalue weighted by Crippen LogP contribution is 2.26. The van der Waals surface area contributed by atoms with Crippen molar-refractivity contribution in [3.8, 4) is 6.07 Å². The van der Waals surface area contributed by atoms with Gasteiger partial charge in [-0.1, -0.05) is 39.5 Å². The predicted molar refractivity (Wildman–Crippen MR) is 63.5 cm³/mol. The Morgan fingerprint density at radius 2 is 2.06 bits per heavy atom. The van der Waals surface area contributed by atoms with Crippen LogP contribution in [0.4, 0.5) is 0 Å². The van der Waals surface area contributed by atoms with Crippen molar-refractivity contribution >= 4 is 5.91 Å². The zero-order chi connectivity index (χ0) is 12.0. The van der Waals surface area contributed by atoms with Crippen LogP contribution < -0.4 is 5.32 Å². The summed E-state index contributed by atoms with van der Waals surface area (Å²) in [6.07, 6.45) is 6.36. The monoisotopic (exact) mass is 222 g/mol. The Balaban J connectivity index is 2.21. The molecule has 3 heteroatoms. The number of hydrogen-bond acceptors (Lipinski definition) is 2. The molecule has 1 atom stereocenters. The first-order valence-electron chi connectivity index (χ1n) is 6.32. The van der Waals surface area contributed by atoms with Gasteiger partial charge < -0.3 is 5.32 Å². The van der Waals surface area contributed by atoms with Crippen molar-refractivity contribution in [3.05, 3.63) is 0 Å². The molecule has 1 saturated carbocycles. The quantitative estimate of drug-likeness (QED) is 0.777. The molecule has 3 nitrogen and oxygen atoms in total. The number of rotatable bonds is 5. The SMILES string of the molecule is CC(C)C(C#N)C(=O)NCCC1CCCC1. The Labute approximate surface area is 98.2 Å². The number of nitrogens with zero attached hydrogens (tertiary/aromatic N) is 1. The number of hydrogen-bond donors (Lipinski definition) is 1. The average molecular weight is 222 g/mol. The second-order valence-electron chi connectivity index (χ2n) is 5.08. The summed E-state index contributed by atoms with van der Waals surface area (Å²) in [6, 6.07) is 2.07. The predicted octanol–water partition coefficient (Wildman–Crippen LogP) is 2.48. The van der Waals surface area contributed by atoms with Crippen LogP contribution in [0.5, 0.6) is 0 Å². The van der Waals surface area contributed by atoms with Crippen molar-refractivity contribution in [2.24, 2.45) is 17.8 Å². The van der Waals surface area contributed by atoms with Gasteiger partial charge in [0.1, 0.15) is 5.92 Å². The van der Waals surface area contributed by atoms with Gasteiger partial charge in [-0.05, 0) is 18.3 Å². The van der Waals surface area contributed by atoms with E-state index in [1.54, 1.807) is 0 Å². The Kier molecular flexibility index (Phi) is 5.31. The highest BCUT2D eigenvalue weighted by Gasteiger charge is 2.21. The maximum atomic E-state index is 11.7. The molecule has 0 aromatic rings. The molecule has 0 radical (unpaired) electrons. The number of amides is 1. The molecular formula is C13H22N2O. The summed E-state index contributed by atoms with van der Waals surface area (Å²) in [6.45, 7) is 4.54. The van der Waals surface area contributed by atoms with Gasteiger partial charge in [0.2, 0.25) is 5.91 Å². The van der Waals surface area contributed by atoms with Crippen LogP contribution in [0.15, 0.2) is 0 Å². The second kappa shape index (κ2) is 6.52. The minimum atomic E-state index is -0.497. The summed E-state index contributed by atoms with van der Waals surface area (Å²) in [5, 5.41) is 11.7. The minimum absolute atomic E-state index is 0.0940. The normalized spacial score (nSPS) is 18.4. The molecule has 0 spiro atoms. The van der Waals surface area contributed by atoms with Gasteiger partial charge in [-0.3, -0.25) is 4.79 Å². The molecule has 0 saturated heterocycles. The fraction of sp³-hybridized carbons (Fsp3) is 0.846. The Morgan fingerprint density at radius 3 is 2.56 bits per heavy atom. The standard InChI is InChI=1S/C13H22N2O/c1-10(2)12(9-14)13(16)15-8-7-11-5-3-4-6-11/h10-12H,3-8H2,1-2H3,(H,15,16). The van der Waals surface area contributed by atoms with E-state index < -0.39 is 5.92 Å². The molecule has 90 valence electrons. The van der Waals surface area contributed by atoms with E-state index >= 15 is 0 Å². The van der Waals surface area contributed by atoms with Gasteiger partial charge in [-0.15, -0.1) is 0 Å². The Morgan fingerprint density at radius 1 is 1.44 bits per heavy atom. The van der Waals surface area contributed by atoms with E-state index in [2.05, 4.69) is 11.4 Å². The summed E-state index contributed by atoms with van der Waals surface area (Å²) < 4.78 is 0. The van der Waals surface area contributed by atoms with Crippen LogP contribution in [-0.2, 0) is 4.79 Å². The van der Waals surface area contributed by atoms with Crippen molar-refractivity contribution in [2.75, 3.05) is 6.54 Å². The molecule has 1 unspecified atom stereocenters. The van der Waals surface area contributed by atoms with Gasteiger partial charge in [0.05, 0.1) is 6.07 Å². The topological polar surface area (TPSA) is 52.9 Å². The summed E-state index contributed by atoms with van der Waals surface area (Å²) in [4.78, 5) is 11.7. The molecule has 1 N–H and O–H groups in total. The molecule has 1 aliphatic rings.